The van der Waals surface area contributed by atoms with Crippen molar-refractivity contribution in [1.29, 1.82) is 0 Å². The summed E-state index contributed by atoms with van der Waals surface area (Å²) >= 11 is 0. The van der Waals surface area contributed by atoms with Crippen molar-refractivity contribution < 1.29 is 4.74 Å². The van der Waals surface area contributed by atoms with Gasteiger partial charge in [-0.2, -0.15) is 5.10 Å². The molecule has 0 spiro atoms. The number of nitrogens with zero attached hydrogens (tertiary/aromatic N) is 5. The lowest BCUT2D eigenvalue weighted by Crippen LogP contribution is -2.33. The summed E-state index contributed by atoms with van der Waals surface area (Å²) in [6, 6.07) is 26.1. The third-order valence-corrected chi connectivity index (χ3v) is 10.3. The molecule has 3 aromatic carbocycles. The average Bonchev–Trinajstić information content (AvgIpc) is 3.53. The van der Waals surface area contributed by atoms with Crippen molar-refractivity contribution in [3.05, 3.63) is 119 Å². The first-order valence-electron chi connectivity index (χ1n) is 17.2. The maximum atomic E-state index is 6.72. The molecule has 0 saturated heterocycles. The highest BCUT2D eigenvalue weighted by molar-refractivity contribution is 6.09. The van der Waals surface area contributed by atoms with Crippen LogP contribution in [0.4, 0.5) is 0 Å². The van der Waals surface area contributed by atoms with Gasteiger partial charge in [0.25, 0.3) is 0 Å². The first kappa shape index (κ1) is 31.9. The molecule has 6 aromatic rings. The Morgan fingerprint density at radius 1 is 0.854 bits per heavy atom. The number of benzene rings is 3. The Morgan fingerprint density at radius 2 is 1.62 bits per heavy atom. The second-order valence-electron chi connectivity index (χ2n) is 14.4. The summed E-state index contributed by atoms with van der Waals surface area (Å²) < 4.78 is 11.1. The minimum atomic E-state index is 0.327. The van der Waals surface area contributed by atoms with Crippen LogP contribution in [0.5, 0.6) is 11.5 Å². The van der Waals surface area contributed by atoms with Gasteiger partial charge in [-0.25, -0.2) is 9.67 Å². The molecular formula is C42H47N5O. The normalized spacial score (nSPS) is 18.3. The van der Waals surface area contributed by atoms with E-state index in [9.17, 15) is 0 Å². The fraction of sp³-hybridized carbons (Fsp3) is 0.333. The van der Waals surface area contributed by atoms with Gasteiger partial charge in [0.05, 0.1) is 22.4 Å². The quantitative estimate of drug-likeness (QED) is 0.164. The lowest BCUT2D eigenvalue weighted by molar-refractivity contribution is 0.266. The number of likely N-dealkylation sites (N-methyl/N-ethyl adjacent to an activating group) is 1. The molecule has 7 rings (SSSR count). The van der Waals surface area contributed by atoms with Crippen molar-refractivity contribution >= 4 is 21.8 Å². The molecule has 0 radical (unpaired) electrons. The number of aromatic nitrogens is 4. The van der Waals surface area contributed by atoms with Gasteiger partial charge >= 0.3 is 0 Å². The highest BCUT2D eigenvalue weighted by Crippen LogP contribution is 2.43. The molecule has 1 aliphatic carbocycles. The number of hydrogen-bond acceptors (Lipinski definition) is 4. The van der Waals surface area contributed by atoms with Crippen molar-refractivity contribution in [3.8, 4) is 23.0 Å². The number of para-hydroxylation sites is 1. The number of allylic oxidation sites excluding steroid dienone is 1. The summed E-state index contributed by atoms with van der Waals surface area (Å²) in [5, 5.41) is 7.53. The first-order valence-corrected chi connectivity index (χ1v) is 17.2. The van der Waals surface area contributed by atoms with Crippen molar-refractivity contribution in [1.82, 2.24) is 24.2 Å². The van der Waals surface area contributed by atoms with Gasteiger partial charge in [0.15, 0.2) is 0 Å². The van der Waals surface area contributed by atoms with Crippen LogP contribution < -0.4 is 4.74 Å². The average molecular weight is 638 g/mol. The van der Waals surface area contributed by atoms with E-state index >= 15 is 0 Å². The molecule has 0 bridgehead atoms. The number of pyridine rings is 1. The Hall–Kier alpha value is -4.68. The molecule has 0 saturated carbocycles. The van der Waals surface area contributed by atoms with Gasteiger partial charge in [-0.1, -0.05) is 50.6 Å². The predicted octanol–water partition coefficient (Wildman–Crippen LogP) is 10.2. The number of ether oxygens (including phenoxy) is 1. The SMILES string of the molecule is CC1=CC(N(C)C)C[C@H](C)[C@@H]1c1c(C)nn(-c2cc(Oc3ccc4c5ccccc5n(-c5cc(C)ccn5)c4c3)cc(C(C)C)c2)c1C. The minimum Gasteiger partial charge on any atom is -0.457 e. The van der Waals surface area contributed by atoms with E-state index < -0.39 is 0 Å². The van der Waals surface area contributed by atoms with Crippen LogP contribution in [0.1, 0.15) is 74.0 Å². The van der Waals surface area contributed by atoms with Crippen LogP contribution in [0.25, 0.3) is 33.3 Å². The molecule has 3 aromatic heterocycles. The molecule has 246 valence electrons. The van der Waals surface area contributed by atoms with E-state index in [2.05, 4.69) is 150 Å². The summed E-state index contributed by atoms with van der Waals surface area (Å²) in [6.07, 6.45) is 5.47. The Bertz CT molecular complexity index is 2180. The summed E-state index contributed by atoms with van der Waals surface area (Å²) in [5.41, 5.74) is 10.7. The van der Waals surface area contributed by atoms with Crippen LogP contribution >= 0.6 is 0 Å². The summed E-state index contributed by atoms with van der Waals surface area (Å²) in [4.78, 5) is 7.08. The Labute approximate surface area is 284 Å². The molecule has 6 nitrogen and oxygen atoms in total. The maximum absolute atomic E-state index is 6.72. The summed E-state index contributed by atoms with van der Waals surface area (Å²) in [5.74, 6) is 3.70. The highest BCUT2D eigenvalue weighted by atomic mass is 16.5. The number of aryl methyl sites for hydroxylation is 2. The second kappa shape index (κ2) is 12.4. The maximum Gasteiger partial charge on any atom is 0.137 e. The zero-order chi connectivity index (χ0) is 33.9. The van der Waals surface area contributed by atoms with Gasteiger partial charge in [-0.05, 0) is 114 Å². The largest absolute Gasteiger partial charge is 0.457 e. The van der Waals surface area contributed by atoms with Gasteiger partial charge in [-0.3, -0.25) is 4.57 Å². The lowest BCUT2D eigenvalue weighted by atomic mass is 9.73. The zero-order valence-corrected chi connectivity index (χ0v) is 29.7. The Morgan fingerprint density at radius 3 is 2.35 bits per heavy atom. The van der Waals surface area contributed by atoms with Gasteiger partial charge in [0.1, 0.15) is 17.3 Å². The molecule has 0 amide bonds. The number of rotatable bonds is 7. The second-order valence-corrected chi connectivity index (χ2v) is 14.4. The van der Waals surface area contributed by atoms with Gasteiger partial charge < -0.3 is 9.64 Å². The predicted molar refractivity (Wildman–Crippen MR) is 198 cm³/mol. The summed E-state index contributed by atoms with van der Waals surface area (Å²) in [7, 11) is 4.35. The zero-order valence-electron chi connectivity index (χ0n) is 29.7. The van der Waals surface area contributed by atoms with Gasteiger partial charge in [0, 0.05) is 52.3 Å². The van der Waals surface area contributed by atoms with E-state index in [1.165, 1.54) is 38.7 Å². The van der Waals surface area contributed by atoms with E-state index in [1.54, 1.807) is 0 Å². The Balaban J connectivity index is 1.30. The van der Waals surface area contributed by atoms with E-state index in [1.807, 2.05) is 12.3 Å². The fourth-order valence-electron chi connectivity index (χ4n) is 7.83. The summed E-state index contributed by atoms with van der Waals surface area (Å²) in [6.45, 7) is 15.6. The highest BCUT2D eigenvalue weighted by Gasteiger charge is 2.33. The van der Waals surface area contributed by atoms with Gasteiger partial charge in [-0.15, -0.1) is 0 Å². The van der Waals surface area contributed by atoms with E-state index in [-0.39, 0.29) is 0 Å². The molecule has 1 unspecified atom stereocenters. The molecule has 1 aliphatic rings. The molecular weight excluding hydrogens is 590 g/mol. The van der Waals surface area contributed by atoms with E-state index in [0.717, 1.165) is 46.2 Å². The Kier molecular flexibility index (Phi) is 8.24. The van der Waals surface area contributed by atoms with Gasteiger partial charge in [0.2, 0.25) is 0 Å². The van der Waals surface area contributed by atoms with Crippen molar-refractivity contribution in [2.45, 2.75) is 72.8 Å². The molecule has 3 heterocycles. The van der Waals surface area contributed by atoms with Crippen LogP contribution in [-0.2, 0) is 0 Å². The standard InChI is InChI=1S/C42H47N5O/c1-25(2)31-21-33(47-30(7)42(29(6)44-47)41-27(4)19-32(45(8)9)20-28(41)5)23-35(22-31)48-34-14-15-37-36-12-10-11-13-38(36)46(39(37)24-34)40-18-26(3)16-17-43-40/h10-19,21-25,28,32,41H,20H2,1-9H3/t28-,32?,41+/m0/s1. The van der Waals surface area contributed by atoms with Crippen molar-refractivity contribution in [2.24, 2.45) is 5.92 Å². The third kappa shape index (κ3) is 5.62. The van der Waals surface area contributed by atoms with E-state index in [0.29, 0.717) is 23.8 Å². The number of fused-ring (bicyclic) bond motifs is 3. The third-order valence-electron chi connectivity index (χ3n) is 10.3. The molecule has 0 fully saturated rings. The molecule has 48 heavy (non-hydrogen) atoms. The van der Waals surface area contributed by atoms with Crippen LogP contribution in [0, 0.1) is 26.7 Å². The monoisotopic (exact) mass is 637 g/mol. The smallest absolute Gasteiger partial charge is 0.137 e. The minimum absolute atomic E-state index is 0.327. The van der Waals surface area contributed by atoms with Crippen LogP contribution in [-0.4, -0.2) is 44.4 Å². The fourth-order valence-corrected chi connectivity index (χ4v) is 7.83. The topological polar surface area (TPSA) is 48.1 Å². The van der Waals surface area contributed by atoms with E-state index in [4.69, 9.17) is 14.8 Å². The van der Waals surface area contributed by atoms with Crippen molar-refractivity contribution in [2.75, 3.05) is 14.1 Å². The molecule has 6 heteroatoms. The molecule has 0 aliphatic heterocycles. The lowest BCUT2D eigenvalue weighted by Gasteiger charge is -2.36. The van der Waals surface area contributed by atoms with Crippen LogP contribution in [0.15, 0.2) is 90.6 Å². The first-order chi connectivity index (χ1) is 23.0. The molecule has 0 N–H and O–H groups in total. The van der Waals surface area contributed by atoms with Crippen LogP contribution in [0.3, 0.4) is 0 Å². The van der Waals surface area contributed by atoms with Crippen LogP contribution in [0.2, 0.25) is 0 Å². The molecule has 3 atom stereocenters. The number of hydrogen-bond donors (Lipinski definition) is 0. The van der Waals surface area contributed by atoms with Crippen molar-refractivity contribution in [3.63, 3.8) is 0 Å².